The molecule has 0 radical (unpaired) electrons. The van der Waals surface area contributed by atoms with E-state index in [-0.39, 0.29) is 12.2 Å². The van der Waals surface area contributed by atoms with Gasteiger partial charge in [0.15, 0.2) is 0 Å². The van der Waals surface area contributed by atoms with Crippen LogP contribution in [0.3, 0.4) is 0 Å². The molecule has 1 fully saturated rings. The van der Waals surface area contributed by atoms with Crippen LogP contribution >= 0.6 is 0 Å². The number of likely N-dealkylation sites (tertiary alicyclic amines) is 1. The number of fused-ring (bicyclic) bond motifs is 1. The maximum absolute atomic E-state index is 12.2. The average molecular weight is 412 g/mol. The van der Waals surface area contributed by atoms with Gasteiger partial charge in [-0.25, -0.2) is 14.8 Å². The molecule has 2 aromatic rings. The van der Waals surface area contributed by atoms with E-state index in [2.05, 4.69) is 14.9 Å². The van der Waals surface area contributed by atoms with Crippen molar-refractivity contribution < 1.29 is 14.3 Å². The lowest BCUT2D eigenvalue weighted by molar-refractivity contribution is 0.0123. The first-order valence-corrected chi connectivity index (χ1v) is 10.4. The molecule has 0 unspecified atom stereocenters. The van der Waals surface area contributed by atoms with E-state index in [0.717, 1.165) is 43.0 Å². The minimum atomic E-state index is -0.484. The number of amides is 1. The Balaban J connectivity index is 1.37. The molecule has 0 aliphatic carbocycles. The van der Waals surface area contributed by atoms with Gasteiger partial charge in [0, 0.05) is 49.9 Å². The lowest BCUT2D eigenvalue weighted by atomic mass is 10.1. The predicted octanol–water partition coefficient (Wildman–Crippen LogP) is 3.53. The van der Waals surface area contributed by atoms with E-state index in [1.165, 1.54) is 11.9 Å². The standard InChI is InChI=1S/C22H29N5O3/c1-22(2,3)30-21(28)26-9-7-17(8-10-26)29-20-13-19(24-14-25-20)27-11-6-15-12-16(23)4-5-18(15)27/h4-5,12-14,17H,6-11,23H2,1-3H3. The second-order valence-corrected chi connectivity index (χ2v) is 8.79. The first-order valence-electron chi connectivity index (χ1n) is 10.4. The van der Waals surface area contributed by atoms with Gasteiger partial charge in [0.2, 0.25) is 5.88 Å². The summed E-state index contributed by atoms with van der Waals surface area (Å²) in [6.45, 7) is 7.70. The third kappa shape index (κ3) is 4.58. The lowest BCUT2D eigenvalue weighted by Gasteiger charge is -2.33. The Kier molecular flexibility index (Phi) is 5.40. The van der Waals surface area contributed by atoms with Crippen LogP contribution in [0.15, 0.2) is 30.6 Å². The summed E-state index contributed by atoms with van der Waals surface area (Å²) in [4.78, 5) is 24.9. The number of aromatic nitrogens is 2. The number of ether oxygens (including phenoxy) is 2. The molecule has 1 aromatic heterocycles. The van der Waals surface area contributed by atoms with Crippen LogP contribution in [0.2, 0.25) is 0 Å². The van der Waals surface area contributed by atoms with Gasteiger partial charge in [-0.2, -0.15) is 0 Å². The van der Waals surface area contributed by atoms with Crippen LogP contribution in [0.25, 0.3) is 0 Å². The number of carbonyl (C=O) groups is 1. The number of carbonyl (C=O) groups excluding carboxylic acids is 1. The fraction of sp³-hybridized carbons (Fsp3) is 0.500. The van der Waals surface area contributed by atoms with E-state index in [9.17, 15) is 4.79 Å². The van der Waals surface area contributed by atoms with Crippen molar-refractivity contribution in [3.63, 3.8) is 0 Å². The normalized spacial score (nSPS) is 17.0. The Hall–Kier alpha value is -3.03. The third-order valence-electron chi connectivity index (χ3n) is 5.28. The highest BCUT2D eigenvalue weighted by Crippen LogP contribution is 2.35. The van der Waals surface area contributed by atoms with Gasteiger partial charge in [0.25, 0.3) is 0 Å². The highest BCUT2D eigenvalue weighted by Gasteiger charge is 2.28. The van der Waals surface area contributed by atoms with E-state index >= 15 is 0 Å². The molecular weight excluding hydrogens is 382 g/mol. The molecule has 0 atom stereocenters. The molecule has 30 heavy (non-hydrogen) atoms. The van der Waals surface area contributed by atoms with Crippen molar-refractivity contribution in [3.05, 3.63) is 36.2 Å². The summed E-state index contributed by atoms with van der Waals surface area (Å²) in [7, 11) is 0. The van der Waals surface area contributed by atoms with Crippen LogP contribution in [0.4, 0.5) is 22.0 Å². The quantitative estimate of drug-likeness (QED) is 0.772. The maximum Gasteiger partial charge on any atom is 0.410 e. The first kappa shape index (κ1) is 20.3. The van der Waals surface area contributed by atoms with Crippen molar-refractivity contribution in [2.24, 2.45) is 0 Å². The second-order valence-electron chi connectivity index (χ2n) is 8.79. The largest absolute Gasteiger partial charge is 0.474 e. The fourth-order valence-corrected chi connectivity index (χ4v) is 3.86. The molecule has 8 heteroatoms. The molecule has 2 N–H and O–H groups in total. The Morgan fingerprint density at radius 3 is 2.63 bits per heavy atom. The molecule has 2 aliphatic heterocycles. The van der Waals surface area contributed by atoms with E-state index in [0.29, 0.717) is 19.0 Å². The minimum Gasteiger partial charge on any atom is -0.474 e. The van der Waals surface area contributed by atoms with Crippen LogP contribution in [-0.4, -0.2) is 52.3 Å². The average Bonchev–Trinajstić information content (AvgIpc) is 3.10. The van der Waals surface area contributed by atoms with Crippen LogP contribution in [0.5, 0.6) is 5.88 Å². The minimum absolute atomic E-state index is 0.0112. The topological polar surface area (TPSA) is 93.8 Å². The smallest absolute Gasteiger partial charge is 0.410 e. The summed E-state index contributed by atoms with van der Waals surface area (Å²) < 4.78 is 11.6. The monoisotopic (exact) mass is 411 g/mol. The SMILES string of the molecule is CC(C)(C)OC(=O)N1CCC(Oc2cc(N3CCc4cc(N)ccc43)ncn2)CC1. The highest BCUT2D eigenvalue weighted by atomic mass is 16.6. The summed E-state index contributed by atoms with van der Waals surface area (Å²) in [5.74, 6) is 1.37. The Bertz CT molecular complexity index is 919. The van der Waals surface area contributed by atoms with Crippen molar-refractivity contribution in [1.82, 2.24) is 14.9 Å². The van der Waals surface area contributed by atoms with Gasteiger partial charge in [-0.1, -0.05) is 0 Å². The molecule has 2 aliphatic rings. The summed E-state index contributed by atoms with van der Waals surface area (Å²) in [5, 5.41) is 0. The third-order valence-corrected chi connectivity index (χ3v) is 5.28. The van der Waals surface area contributed by atoms with Crippen LogP contribution in [0.1, 0.15) is 39.2 Å². The number of nitrogens with two attached hydrogens (primary N) is 1. The Labute approximate surface area is 177 Å². The number of rotatable bonds is 3. The molecule has 1 saturated heterocycles. The number of anilines is 3. The number of piperidine rings is 1. The first-order chi connectivity index (χ1) is 14.3. The Morgan fingerprint density at radius 1 is 1.13 bits per heavy atom. The van der Waals surface area contributed by atoms with Crippen molar-refractivity contribution in [2.45, 2.75) is 51.7 Å². The van der Waals surface area contributed by atoms with Gasteiger partial charge in [-0.15, -0.1) is 0 Å². The predicted molar refractivity (Wildman–Crippen MR) is 115 cm³/mol. The van der Waals surface area contributed by atoms with Gasteiger partial charge >= 0.3 is 6.09 Å². The number of benzene rings is 1. The molecule has 160 valence electrons. The summed E-state index contributed by atoms with van der Waals surface area (Å²) in [6, 6.07) is 7.85. The molecule has 0 saturated carbocycles. The van der Waals surface area contributed by atoms with E-state index in [1.54, 1.807) is 4.90 Å². The van der Waals surface area contributed by atoms with Crippen LogP contribution in [0, 0.1) is 0 Å². The van der Waals surface area contributed by atoms with Gasteiger partial charge in [0.1, 0.15) is 23.9 Å². The van der Waals surface area contributed by atoms with Crippen LogP contribution in [-0.2, 0) is 11.2 Å². The molecule has 8 nitrogen and oxygen atoms in total. The molecule has 3 heterocycles. The van der Waals surface area contributed by atoms with Gasteiger partial charge in [0.05, 0.1) is 0 Å². The summed E-state index contributed by atoms with van der Waals surface area (Å²) in [6.07, 6.45) is 3.70. The fourth-order valence-electron chi connectivity index (χ4n) is 3.86. The summed E-state index contributed by atoms with van der Waals surface area (Å²) in [5.41, 5.74) is 8.55. The molecule has 4 rings (SSSR count). The molecule has 0 spiro atoms. The van der Waals surface area contributed by atoms with Crippen molar-refractivity contribution in [1.29, 1.82) is 0 Å². The van der Waals surface area contributed by atoms with Gasteiger partial charge in [-0.3, -0.25) is 0 Å². The van der Waals surface area contributed by atoms with E-state index < -0.39 is 5.60 Å². The van der Waals surface area contributed by atoms with Gasteiger partial charge in [-0.05, 0) is 51.0 Å². The van der Waals surface area contributed by atoms with E-state index in [1.807, 2.05) is 45.0 Å². The molecular formula is C22H29N5O3. The van der Waals surface area contributed by atoms with Crippen molar-refractivity contribution in [3.8, 4) is 5.88 Å². The second kappa shape index (κ2) is 8.01. The van der Waals surface area contributed by atoms with Gasteiger partial charge < -0.3 is 25.0 Å². The highest BCUT2D eigenvalue weighted by molar-refractivity contribution is 5.70. The lowest BCUT2D eigenvalue weighted by Crippen LogP contribution is -2.44. The zero-order valence-corrected chi connectivity index (χ0v) is 17.8. The summed E-state index contributed by atoms with van der Waals surface area (Å²) >= 11 is 0. The zero-order valence-electron chi connectivity index (χ0n) is 17.8. The number of hydrogen-bond acceptors (Lipinski definition) is 7. The van der Waals surface area contributed by atoms with Crippen molar-refractivity contribution >= 4 is 23.3 Å². The van der Waals surface area contributed by atoms with Crippen molar-refractivity contribution in [2.75, 3.05) is 30.3 Å². The zero-order chi connectivity index (χ0) is 21.3. The van der Waals surface area contributed by atoms with Crippen LogP contribution < -0.4 is 15.4 Å². The molecule has 1 aromatic carbocycles. The number of nitrogen functional groups attached to an aromatic ring is 1. The molecule has 0 bridgehead atoms. The molecule has 1 amide bonds. The number of hydrogen-bond donors (Lipinski definition) is 1. The maximum atomic E-state index is 12.2. The number of nitrogens with zero attached hydrogens (tertiary/aromatic N) is 4. The Morgan fingerprint density at radius 2 is 1.90 bits per heavy atom. The van der Waals surface area contributed by atoms with E-state index in [4.69, 9.17) is 15.2 Å².